The summed E-state index contributed by atoms with van der Waals surface area (Å²) in [5, 5.41) is 0. The molecular formula is C15H22N2O. The van der Waals surface area contributed by atoms with Gasteiger partial charge in [-0.1, -0.05) is 6.07 Å². The van der Waals surface area contributed by atoms with Crippen molar-refractivity contribution in [3.8, 4) is 0 Å². The van der Waals surface area contributed by atoms with Crippen molar-refractivity contribution in [1.29, 1.82) is 0 Å². The first-order chi connectivity index (χ1) is 8.84. The first-order valence-corrected chi connectivity index (χ1v) is 7.08. The first kappa shape index (κ1) is 11.8. The fourth-order valence-electron chi connectivity index (χ4n) is 3.13. The molecule has 1 saturated heterocycles. The highest BCUT2D eigenvalue weighted by Gasteiger charge is 2.21. The van der Waals surface area contributed by atoms with Gasteiger partial charge in [0.25, 0.3) is 0 Å². The minimum absolute atomic E-state index is 0.483. The third-order valence-electron chi connectivity index (χ3n) is 4.13. The van der Waals surface area contributed by atoms with Crippen LogP contribution in [-0.2, 0) is 11.2 Å². The molecule has 0 radical (unpaired) electrons. The lowest BCUT2D eigenvalue weighted by atomic mass is 9.99. The highest BCUT2D eigenvalue weighted by Crippen LogP contribution is 2.31. The molecule has 0 saturated carbocycles. The summed E-state index contributed by atoms with van der Waals surface area (Å²) in [6, 6.07) is 6.29. The summed E-state index contributed by atoms with van der Waals surface area (Å²) in [7, 11) is 0. The molecular weight excluding hydrogens is 224 g/mol. The summed E-state index contributed by atoms with van der Waals surface area (Å²) in [6.45, 7) is 3.21. The van der Waals surface area contributed by atoms with Crippen LogP contribution in [0.3, 0.4) is 0 Å². The summed E-state index contributed by atoms with van der Waals surface area (Å²) in [6.07, 6.45) is 6.43. The molecule has 1 fully saturated rings. The molecule has 3 nitrogen and oxygen atoms in total. The minimum Gasteiger partial charge on any atom is -0.398 e. The van der Waals surface area contributed by atoms with Crippen molar-refractivity contribution < 1.29 is 4.74 Å². The van der Waals surface area contributed by atoms with Crippen molar-refractivity contribution in [3.63, 3.8) is 0 Å². The van der Waals surface area contributed by atoms with Gasteiger partial charge < -0.3 is 15.4 Å². The standard InChI is InChI=1S/C15H22N2O/c16-14-6-1-7-15-13(14)5-2-9-17(15)10-8-12-4-3-11-18-12/h1,6-7,12H,2-5,8-11,16H2. The molecule has 98 valence electrons. The van der Waals surface area contributed by atoms with Crippen molar-refractivity contribution >= 4 is 11.4 Å². The lowest BCUT2D eigenvalue weighted by molar-refractivity contribution is 0.105. The number of anilines is 2. The zero-order valence-corrected chi connectivity index (χ0v) is 10.9. The van der Waals surface area contributed by atoms with Gasteiger partial charge in [-0.15, -0.1) is 0 Å². The maximum Gasteiger partial charge on any atom is 0.0592 e. The van der Waals surface area contributed by atoms with Crippen LogP contribution in [-0.4, -0.2) is 25.8 Å². The lowest BCUT2D eigenvalue weighted by Crippen LogP contribution is -2.32. The molecule has 2 heterocycles. The molecule has 0 bridgehead atoms. The second-order valence-corrected chi connectivity index (χ2v) is 5.36. The third kappa shape index (κ3) is 2.32. The highest BCUT2D eigenvalue weighted by molar-refractivity contribution is 5.66. The van der Waals surface area contributed by atoms with E-state index in [-0.39, 0.29) is 0 Å². The highest BCUT2D eigenvalue weighted by atomic mass is 16.5. The van der Waals surface area contributed by atoms with Crippen molar-refractivity contribution in [2.24, 2.45) is 0 Å². The van der Waals surface area contributed by atoms with E-state index in [4.69, 9.17) is 10.5 Å². The molecule has 2 N–H and O–H groups in total. The normalized spacial score (nSPS) is 23.1. The zero-order chi connectivity index (χ0) is 12.4. The Kier molecular flexibility index (Phi) is 3.41. The van der Waals surface area contributed by atoms with Crippen molar-refractivity contribution in [2.75, 3.05) is 30.3 Å². The maximum atomic E-state index is 6.07. The van der Waals surface area contributed by atoms with E-state index in [9.17, 15) is 0 Å². The van der Waals surface area contributed by atoms with E-state index in [1.54, 1.807) is 0 Å². The van der Waals surface area contributed by atoms with Crippen molar-refractivity contribution in [2.45, 2.75) is 38.2 Å². The predicted molar refractivity (Wildman–Crippen MR) is 75.0 cm³/mol. The Labute approximate surface area is 109 Å². The molecule has 2 aliphatic rings. The average molecular weight is 246 g/mol. The molecule has 3 heteroatoms. The smallest absolute Gasteiger partial charge is 0.0592 e. The van der Waals surface area contributed by atoms with Crippen molar-refractivity contribution in [1.82, 2.24) is 0 Å². The average Bonchev–Trinajstić information content (AvgIpc) is 2.90. The summed E-state index contributed by atoms with van der Waals surface area (Å²) >= 11 is 0. The van der Waals surface area contributed by atoms with Crippen LogP contribution in [0.5, 0.6) is 0 Å². The Morgan fingerprint density at radius 1 is 1.33 bits per heavy atom. The Bertz CT molecular complexity index is 413. The predicted octanol–water partition coefficient (Wildman–Crippen LogP) is 2.59. The molecule has 18 heavy (non-hydrogen) atoms. The van der Waals surface area contributed by atoms with E-state index < -0.39 is 0 Å². The van der Waals surface area contributed by atoms with E-state index >= 15 is 0 Å². The Morgan fingerprint density at radius 3 is 3.11 bits per heavy atom. The van der Waals surface area contributed by atoms with E-state index in [1.165, 1.54) is 30.5 Å². The SMILES string of the molecule is Nc1cccc2c1CCCN2CCC1CCCO1. The number of nitrogens with zero attached hydrogens (tertiary/aromatic N) is 1. The molecule has 1 unspecified atom stereocenters. The van der Waals surface area contributed by atoms with Gasteiger partial charge in [-0.2, -0.15) is 0 Å². The topological polar surface area (TPSA) is 38.5 Å². The number of fused-ring (bicyclic) bond motifs is 1. The molecule has 1 aromatic rings. The summed E-state index contributed by atoms with van der Waals surface area (Å²) in [4.78, 5) is 2.48. The molecule has 1 aromatic carbocycles. The van der Waals surface area contributed by atoms with Crippen LogP contribution in [0.15, 0.2) is 18.2 Å². The van der Waals surface area contributed by atoms with Gasteiger partial charge in [0.05, 0.1) is 6.10 Å². The second kappa shape index (κ2) is 5.19. The van der Waals surface area contributed by atoms with E-state index in [0.717, 1.165) is 38.2 Å². The summed E-state index contributed by atoms with van der Waals surface area (Å²) in [5.41, 5.74) is 9.71. The fraction of sp³-hybridized carbons (Fsp3) is 0.600. The maximum absolute atomic E-state index is 6.07. The molecule has 0 aromatic heterocycles. The quantitative estimate of drug-likeness (QED) is 0.833. The Balaban J connectivity index is 1.69. The molecule has 0 spiro atoms. The number of rotatable bonds is 3. The van der Waals surface area contributed by atoms with E-state index in [0.29, 0.717) is 6.10 Å². The van der Waals surface area contributed by atoms with Crippen molar-refractivity contribution in [3.05, 3.63) is 23.8 Å². The Morgan fingerprint density at radius 2 is 2.28 bits per heavy atom. The van der Waals surface area contributed by atoms with Crippen LogP contribution in [0.1, 0.15) is 31.2 Å². The number of benzene rings is 1. The van der Waals surface area contributed by atoms with Gasteiger partial charge in [0, 0.05) is 31.1 Å². The molecule has 0 aliphatic carbocycles. The number of nitrogens with two attached hydrogens (primary N) is 1. The summed E-state index contributed by atoms with van der Waals surface area (Å²) in [5.74, 6) is 0. The minimum atomic E-state index is 0.483. The second-order valence-electron chi connectivity index (χ2n) is 5.36. The summed E-state index contributed by atoms with van der Waals surface area (Å²) < 4.78 is 5.70. The van der Waals surface area contributed by atoms with E-state index in [1.807, 2.05) is 6.07 Å². The fourth-order valence-corrected chi connectivity index (χ4v) is 3.13. The number of ether oxygens (including phenoxy) is 1. The van der Waals surface area contributed by atoms with Gasteiger partial charge >= 0.3 is 0 Å². The third-order valence-corrected chi connectivity index (χ3v) is 4.13. The number of nitrogen functional groups attached to an aromatic ring is 1. The molecule has 3 rings (SSSR count). The van der Waals surface area contributed by atoms with Crippen LogP contribution < -0.4 is 10.6 Å². The van der Waals surface area contributed by atoms with Crippen LogP contribution in [0.25, 0.3) is 0 Å². The zero-order valence-electron chi connectivity index (χ0n) is 10.9. The largest absolute Gasteiger partial charge is 0.398 e. The van der Waals surface area contributed by atoms with Crippen LogP contribution >= 0.6 is 0 Å². The van der Waals surface area contributed by atoms with Gasteiger partial charge in [0.15, 0.2) is 0 Å². The van der Waals surface area contributed by atoms with Gasteiger partial charge in [-0.25, -0.2) is 0 Å². The lowest BCUT2D eigenvalue weighted by Gasteiger charge is -2.32. The van der Waals surface area contributed by atoms with Crippen LogP contribution in [0.2, 0.25) is 0 Å². The van der Waals surface area contributed by atoms with Crippen LogP contribution in [0.4, 0.5) is 11.4 Å². The van der Waals surface area contributed by atoms with Gasteiger partial charge in [-0.3, -0.25) is 0 Å². The molecule has 1 atom stereocenters. The van der Waals surface area contributed by atoms with E-state index in [2.05, 4.69) is 17.0 Å². The van der Waals surface area contributed by atoms with Gasteiger partial charge in [0.2, 0.25) is 0 Å². The number of hydrogen-bond donors (Lipinski definition) is 1. The molecule has 0 amide bonds. The Hall–Kier alpha value is -1.22. The van der Waals surface area contributed by atoms with Gasteiger partial charge in [-0.05, 0) is 49.8 Å². The monoisotopic (exact) mass is 246 g/mol. The molecule has 2 aliphatic heterocycles. The first-order valence-electron chi connectivity index (χ1n) is 7.08. The number of hydrogen-bond acceptors (Lipinski definition) is 3. The van der Waals surface area contributed by atoms with Crippen LogP contribution in [0, 0.1) is 0 Å². The van der Waals surface area contributed by atoms with Gasteiger partial charge in [0.1, 0.15) is 0 Å².